The number of carbonyl (C=O) groups excluding carboxylic acids is 3. The summed E-state index contributed by atoms with van der Waals surface area (Å²) in [6, 6.07) is 8.97. The normalized spacial score (nSPS) is 17.6. The molecule has 2 aromatic rings. The number of aliphatic hydroxyl groups is 1. The zero-order chi connectivity index (χ0) is 26.9. The van der Waals surface area contributed by atoms with Crippen molar-refractivity contribution in [1.29, 1.82) is 0 Å². The summed E-state index contributed by atoms with van der Waals surface area (Å²) in [5, 5.41) is 14.8. The zero-order valence-electron chi connectivity index (χ0n) is 20.7. The van der Waals surface area contributed by atoms with Crippen molar-refractivity contribution in [1.82, 2.24) is 10.2 Å². The Balaban J connectivity index is 1.53. The van der Waals surface area contributed by atoms with Gasteiger partial charge < -0.3 is 35.7 Å². The number of hydrogen-bond acceptors (Lipinski definition) is 9. The Labute approximate surface area is 219 Å². The number of hydrogen-bond donors (Lipinski definition) is 4. The van der Waals surface area contributed by atoms with E-state index >= 15 is 0 Å². The molecule has 2 atom stereocenters. The molecule has 0 radical (unpaired) electrons. The van der Waals surface area contributed by atoms with Crippen LogP contribution in [0.5, 0.6) is 5.75 Å². The van der Waals surface area contributed by atoms with Crippen molar-refractivity contribution in [3.8, 4) is 5.75 Å². The van der Waals surface area contributed by atoms with Crippen LogP contribution in [0.25, 0.3) is 0 Å². The summed E-state index contributed by atoms with van der Waals surface area (Å²) in [4.78, 5) is 39.3. The monoisotopic (exact) mass is 534 g/mol. The van der Waals surface area contributed by atoms with E-state index in [4.69, 9.17) is 36.7 Å². The Hall–Kier alpha value is -3.38. The van der Waals surface area contributed by atoms with Crippen LogP contribution >= 0.6 is 11.6 Å². The molecule has 0 aliphatic carbocycles. The number of carbonyl (C=O) groups is 3. The molecule has 37 heavy (non-hydrogen) atoms. The molecule has 200 valence electrons. The van der Waals surface area contributed by atoms with Crippen LogP contribution in [0.3, 0.4) is 0 Å². The first-order valence-electron chi connectivity index (χ1n) is 11.6. The van der Waals surface area contributed by atoms with Gasteiger partial charge in [0, 0.05) is 32.0 Å². The minimum Gasteiger partial charge on any atom is -0.496 e. The second-order valence-electron chi connectivity index (χ2n) is 8.44. The summed E-state index contributed by atoms with van der Waals surface area (Å²) >= 11 is 6.09. The first-order valence-corrected chi connectivity index (χ1v) is 12.0. The van der Waals surface area contributed by atoms with Crippen LogP contribution in [0.15, 0.2) is 36.4 Å². The number of aliphatic hydroxyl groups excluding tert-OH is 1. The maximum absolute atomic E-state index is 12.9. The fourth-order valence-corrected chi connectivity index (χ4v) is 4.17. The molecule has 0 unspecified atom stereocenters. The van der Waals surface area contributed by atoms with E-state index in [1.807, 2.05) is 4.90 Å². The first kappa shape index (κ1) is 28.2. The highest BCUT2D eigenvalue weighted by atomic mass is 35.5. The number of rotatable bonds is 10. The molecule has 2 amide bonds. The fraction of sp³-hybridized carbons (Fsp3) is 0.400. The molecule has 5 N–H and O–H groups in total. The van der Waals surface area contributed by atoms with Gasteiger partial charge in [-0.25, -0.2) is 4.79 Å². The lowest BCUT2D eigenvalue weighted by atomic mass is 10.0. The molecular formula is C25H31ClN4O7. The lowest BCUT2D eigenvalue weighted by Gasteiger charge is -2.37. The van der Waals surface area contributed by atoms with Crippen molar-refractivity contribution in [2.24, 2.45) is 0 Å². The van der Waals surface area contributed by atoms with Crippen LogP contribution < -0.4 is 21.1 Å². The average molecular weight is 535 g/mol. The first-order chi connectivity index (χ1) is 17.7. The summed E-state index contributed by atoms with van der Waals surface area (Å²) < 4.78 is 15.7. The smallest absolute Gasteiger partial charge is 0.338 e. The van der Waals surface area contributed by atoms with Crippen molar-refractivity contribution in [3.05, 3.63) is 52.5 Å². The van der Waals surface area contributed by atoms with Crippen molar-refractivity contribution < 1.29 is 33.7 Å². The molecule has 0 bridgehead atoms. The topological polar surface area (TPSA) is 152 Å². The Morgan fingerprint density at radius 3 is 2.57 bits per heavy atom. The third-order valence-electron chi connectivity index (χ3n) is 5.92. The lowest BCUT2D eigenvalue weighted by molar-refractivity contribution is -0.118. The van der Waals surface area contributed by atoms with E-state index < -0.39 is 5.97 Å². The van der Waals surface area contributed by atoms with Gasteiger partial charge in [0.15, 0.2) is 0 Å². The number of anilines is 2. The van der Waals surface area contributed by atoms with Gasteiger partial charge in [-0.1, -0.05) is 11.6 Å². The van der Waals surface area contributed by atoms with Crippen LogP contribution in [0, 0.1) is 0 Å². The number of methoxy groups -OCH3 is 2. The standard InChI is InChI=1S/C25H31ClN4O7/c1-35-21-12-19(27)18(26)11-17(21)24(33)29-20-7-8-30(13-22(20)36-2)14-23(32)28-16-5-3-15(4-6-16)25(34)37-10-9-31/h3-6,11-12,20,22,31H,7-10,13-14,27H2,1-2H3,(H,28,32)(H,29,33)/t20-,22+/m1/s1. The van der Waals surface area contributed by atoms with Gasteiger partial charge >= 0.3 is 5.97 Å². The number of benzene rings is 2. The van der Waals surface area contributed by atoms with Crippen LogP contribution in [-0.2, 0) is 14.3 Å². The summed E-state index contributed by atoms with van der Waals surface area (Å²) in [5.74, 6) is -0.821. The summed E-state index contributed by atoms with van der Waals surface area (Å²) in [6.45, 7) is 0.795. The number of nitrogens with one attached hydrogen (secondary N) is 2. The molecule has 1 heterocycles. The fourth-order valence-electron chi connectivity index (χ4n) is 4.00. The number of nitrogens with two attached hydrogens (primary N) is 1. The van der Waals surface area contributed by atoms with Crippen molar-refractivity contribution in [2.75, 3.05) is 58.1 Å². The van der Waals surface area contributed by atoms with E-state index in [0.717, 1.165) is 0 Å². The van der Waals surface area contributed by atoms with E-state index in [9.17, 15) is 14.4 Å². The molecule has 3 rings (SSSR count). The number of halogens is 1. The molecule has 11 nitrogen and oxygen atoms in total. The highest BCUT2D eigenvalue weighted by Crippen LogP contribution is 2.29. The molecular weight excluding hydrogens is 504 g/mol. The minimum atomic E-state index is -0.551. The van der Waals surface area contributed by atoms with E-state index in [2.05, 4.69) is 10.6 Å². The van der Waals surface area contributed by atoms with E-state index in [-0.39, 0.29) is 54.3 Å². The van der Waals surface area contributed by atoms with Gasteiger partial charge in [-0.3, -0.25) is 14.5 Å². The van der Waals surface area contributed by atoms with Gasteiger partial charge in [0.05, 0.1) is 54.2 Å². The van der Waals surface area contributed by atoms with Gasteiger partial charge in [0.1, 0.15) is 12.4 Å². The number of nitrogen functional groups attached to an aromatic ring is 1. The van der Waals surface area contributed by atoms with E-state index in [1.54, 1.807) is 19.2 Å². The number of ether oxygens (including phenoxy) is 3. The van der Waals surface area contributed by atoms with Crippen LogP contribution in [0.2, 0.25) is 5.02 Å². The molecule has 1 saturated heterocycles. The lowest BCUT2D eigenvalue weighted by Crippen LogP contribution is -2.55. The third kappa shape index (κ3) is 7.56. The minimum absolute atomic E-state index is 0.0793. The molecule has 0 aromatic heterocycles. The van der Waals surface area contributed by atoms with Crippen molar-refractivity contribution >= 4 is 40.8 Å². The number of nitrogens with zero attached hydrogens (tertiary/aromatic N) is 1. The molecule has 2 aromatic carbocycles. The molecule has 0 saturated carbocycles. The van der Waals surface area contributed by atoms with Gasteiger partial charge in [0.2, 0.25) is 5.91 Å². The van der Waals surface area contributed by atoms with E-state index in [0.29, 0.717) is 42.2 Å². The second-order valence-corrected chi connectivity index (χ2v) is 8.84. The third-order valence-corrected chi connectivity index (χ3v) is 6.25. The molecule has 0 spiro atoms. The number of piperidine rings is 1. The molecule has 1 fully saturated rings. The molecule has 1 aliphatic heterocycles. The second kappa shape index (κ2) is 13.2. The average Bonchev–Trinajstić information content (AvgIpc) is 2.89. The van der Waals surface area contributed by atoms with Gasteiger partial charge in [-0.2, -0.15) is 0 Å². The zero-order valence-corrected chi connectivity index (χ0v) is 21.4. The Morgan fingerprint density at radius 1 is 1.19 bits per heavy atom. The van der Waals surface area contributed by atoms with Crippen LogP contribution in [0.1, 0.15) is 27.1 Å². The quantitative estimate of drug-likeness (QED) is 0.262. The van der Waals surface area contributed by atoms with Crippen LogP contribution in [-0.4, -0.2) is 87.0 Å². The SMILES string of the molecule is COc1cc(N)c(Cl)cc1C(=O)N[C@@H]1CCN(CC(=O)Nc2ccc(C(=O)OCCO)cc2)C[C@@H]1OC. The summed E-state index contributed by atoms with van der Waals surface area (Å²) in [5.41, 5.74) is 7.24. The number of esters is 1. The number of amides is 2. The molecule has 1 aliphatic rings. The highest BCUT2D eigenvalue weighted by Gasteiger charge is 2.32. The highest BCUT2D eigenvalue weighted by molar-refractivity contribution is 6.33. The Morgan fingerprint density at radius 2 is 1.92 bits per heavy atom. The maximum Gasteiger partial charge on any atom is 0.338 e. The Kier molecular flexibility index (Phi) is 10.1. The van der Waals surface area contributed by atoms with Crippen molar-refractivity contribution in [3.63, 3.8) is 0 Å². The summed E-state index contributed by atoms with van der Waals surface area (Å²) in [7, 11) is 3.00. The van der Waals surface area contributed by atoms with Crippen LogP contribution in [0.4, 0.5) is 11.4 Å². The summed E-state index contributed by atoms with van der Waals surface area (Å²) in [6.07, 6.45) is 0.220. The van der Waals surface area contributed by atoms with Gasteiger partial charge in [-0.15, -0.1) is 0 Å². The largest absolute Gasteiger partial charge is 0.496 e. The maximum atomic E-state index is 12.9. The predicted octanol–water partition coefficient (Wildman–Crippen LogP) is 1.54. The van der Waals surface area contributed by atoms with E-state index in [1.165, 1.54) is 31.4 Å². The number of likely N-dealkylation sites (tertiary alicyclic amines) is 1. The van der Waals surface area contributed by atoms with Gasteiger partial charge in [-0.05, 0) is 36.8 Å². The molecule has 12 heteroatoms. The Bertz CT molecular complexity index is 1110. The van der Waals surface area contributed by atoms with Gasteiger partial charge in [0.25, 0.3) is 5.91 Å². The predicted molar refractivity (Wildman–Crippen MR) is 138 cm³/mol. The van der Waals surface area contributed by atoms with Crippen molar-refractivity contribution in [2.45, 2.75) is 18.6 Å².